The van der Waals surface area contributed by atoms with Crippen molar-refractivity contribution in [3.63, 3.8) is 0 Å². The van der Waals surface area contributed by atoms with Gasteiger partial charge in [-0.25, -0.2) is 9.97 Å². The Kier molecular flexibility index (Phi) is 4.54. The molecule has 1 saturated heterocycles. The number of pyridine rings is 1. The number of carbonyl (C=O) groups excluding carboxylic acids is 1. The number of benzene rings is 1. The second kappa shape index (κ2) is 7.33. The molecular weight excluding hydrogens is 388 g/mol. The van der Waals surface area contributed by atoms with Gasteiger partial charge < -0.3 is 10.2 Å². The number of thiophene rings is 1. The lowest BCUT2D eigenvalue weighted by molar-refractivity contribution is 0.103. The summed E-state index contributed by atoms with van der Waals surface area (Å²) in [5, 5.41) is 3.89. The zero-order chi connectivity index (χ0) is 18.9. The van der Waals surface area contributed by atoms with Crippen LogP contribution < -0.4 is 10.2 Å². The summed E-state index contributed by atoms with van der Waals surface area (Å²) in [4.78, 5) is 25.7. The predicted molar refractivity (Wildman–Crippen MR) is 117 cm³/mol. The lowest BCUT2D eigenvalue weighted by Gasteiger charge is -2.16. The molecule has 3 aromatic heterocycles. The topological polar surface area (TPSA) is 58.1 Å². The highest BCUT2D eigenvalue weighted by atomic mass is 32.1. The maximum Gasteiger partial charge on any atom is 0.265 e. The van der Waals surface area contributed by atoms with E-state index < -0.39 is 0 Å². The van der Waals surface area contributed by atoms with Gasteiger partial charge in [0.05, 0.1) is 31.9 Å². The Labute approximate surface area is 170 Å². The first kappa shape index (κ1) is 17.3. The van der Waals surface area contributed by atoms with Gasteiger partial charge in [0.1, 0.15) is 10.8 Å². The van der Waals surface area contributed by atoms with Gasteiger partial charge in [-0.3, -0.25) is 4.79 Å². The minimum absolute atomic E-state index is 0.118. The third kappa shape index (κ3) is 3.39. The summed E-state index contributed by atoms with van der Waals surface area (Å²) in [6.45, 7) is 2.12. The van der Waals surface area contributed by atoms with E-state index in [0.717, 1.165) is 39.0 Å². The number of carbonyl (C=O) groups is 1. The van der Waals surface area contributed by atoms with E-state index in [-0.39, 0.29) is 5.91 Å². The summed E-state index contributed by atoms with van der Waals surface area (Å²) in [7, 11) is 0. The van der Waals surface area contributed by atoms with E-state index >= 15 is 0 Å². The molecule has 0 aliphatic carbocycles. The van der Waals surface area contributed by atoms with E-state index in [2.05, 4.69) is 26.3 Å². The number of thiazole rings is 1. The van der Waals surface area contributed by atoms with E-state index in [1.807, 2.05) is 42.5 Å². The van der Waals surface area contributed by atoms with Crippen LogP contribution in [-0.4, -0.2) is 29.0 Å². The van der Waals surface area contributed by atoms with Crippen molar-refractivity contribution in [1.82, 2.24) is 9.97 Å². The normalized spacial score (nSPS) is 13.9. The Morgan fingerprint density at radius 3 is 2.64 bits per heavy atom. The number of hydrogen-bond donors (Lipinski definition) is 1. The van der Waals surface area contributed by atoms with Crippen LogP contribution in [-0.2, 0) is 0 Å². The summed E-state index contributed by atoms with van der Waals surface area (Å²) in [5.41, 5.74) is 1.70. The molecule has 140 valence electrons. The molecule has 5 rings (SSSR count). The van der Waals surface area contributed by atoms with E-state index in [1.165, 1.54) is 24.2 Å². The first-order valence-corrected chi connectivity index (χ1v) is 10.9. The SMILES string of the molecule is O=C(Nc1ccc(N2CCCC2)nc1)c1ccc(-c2nc3ccccc3s2)s1. The van der Waals surface area contributed by atoms with Crippen molar-refractivity contribution in [2.45, 2.75) is 12.8 Å². The zero-order valence-electron chi connectivity index (χ0n) is 15.1. The van der Waals surface area contributed by atoms with Crippen molar-refractivity contribution in [1.29, 1.82) is 0 Å². The summed E-state index contributed by atoms with van der Waals surface area (Å²) in [5.74, 6) is 0.859. The first-order valence-electron chi connectivity index (χ1n) is 9.24. The highest BCUT2D eigenvalue weighted by Crippen LogP contribution is 2.34. The van der Waals surface area contributed by atoms with Gasteiger partial charge in [0.25, 0.3) is 5.91 Å². The number of para-hydroxylation sites is 1. The number of fused-ring (bicyclic) bond motifs is 1. The Balaban J connectivity index is 1.30. The molecule has 0 bridgehead atoms. The van der Waals surface area contributed by atoms with Crippen LogP contribution in [0.25, 0.3) is 20.1 Å². The molecule has 0 saturated carbocycles. The molecule has 28 heavy (non-hydrogen) atoms. The fourth-order valence-electron chi connectivity index (χ4n) is 3.34. The summed E-state index contributed by atoms with van der Waals surface area (Å²) in [6, 6.07) is 15.8. The van der Waals surface area contributed by atoms with Gasteiger partial charge in [0.15, 0.2) is 0 Å². The number of anilines is 2. The van der Waals surface area contributed by atoms with Crippen LogP contribution in [0, 0.1) is 0 Å². The van der Waals surface area contributed by atoms with Crippen LogP contribution in [0.15, 0.2) is 54.7 Å². The van der Waals surface area contributed by atoms with Crippen molar-refractivity contribution in [2.24, 2.45) is 0 Å². The number of aromatic nitrogens is 2. The number of rotatable bonds is 4. The van der Waals surface area contributed by atoms with Crippen molar-refractivity contribution in [3.05, 3.63) is 59.6 Å². The second-order valence-corrected chi connectivity index (χ2v) is 8.82. The van der Waals surface area contributed by atoms with Gasteiger partial charge in [-0.2, -0.15) is 0 Å². The Hall–Kier alpha value is -2.77. The van der Waals surface area contributed by atoms with Crippen LogP contribution in [0.3, 0.4) is 0 Å². The average Bonchev–Trinajstić information content (AvgIpc) is 3.48. The van der Waals surface area contributed by atoms with Crippen molar-refractivity contribution >= 4 is 50.3 Å². The number of amides is 1. The van der Waals surface area contributed by atoms with Crippen molar-refractivity contribution < 1.29 is 4.79 Å². The fraction of sp³-hybridized carbons (Fsp3) is 0.190. The Morgan fingerprint density at radius 1 is 1.00 bits per heavy atom. The number of hydrogen-bond acceptors (Lipinski definition) is 6. The van der Waals surface area contributed by atoms with Crippen molar-refractivity contribution in [2.75, 3.05) is 23.3 Å². The van der Waals surface area contributed by atoms with E-state index in [9.17, 15) is 4.79 Å². The van der Waals surface area contributed by atoms with E-state index in [4.69, 9.17) is 0 Å². The van der Waals surface area contributed by atoms with Gasteiger partial charge in [0.2, 0.25) is 0 Å². The van der Waals surface area contributed by atoms with Crippen LogP contribution in [0.1, 0.15) is 22.5 Å². The molecule has 0 atom stereocenters. The number of nitrogens with one attached hydrogen (secondary N) is 1. The molecular formula is C21H18N4OS2. The molecule has 1 fully saturated rings. The van der Waals surface area contributed by atoms with Crippen LogP contribution >= 0.6 is 22.7 Å². The molecule has 0 spiro atoms. The minimum atomic E-state index is -0.118. The zero-order valence-corrected chi connectivity index (χ0v) is 16.7. The molecule has 0 unspecified atom stereocenters. The molecule has 5 nitrogen and oxygen atoms in total. The minimum Gasteiger partial charge on any atom is -0.357 e. The molecule has 7 heteroatoms. The van der Waals surface area contributed by atoms with E-state index in [1.54, 1.807) is 17.5 Å². The summed E-state index contributed by atoms with van der Waals surface area (Å²) < 4.78 is 1.15. The molecule has 1 amide bonds. The van der Waals surface area contributed by atoms with Crippen LogP contribution in [0.2, 0.25) is 0 Å². The molecule has 1 aliphatic rings. The first-order chi connectivity index (χ1) is 13.8. The van der Waals surface area contributed by atoms with Crippen LogP contribution in [0.5, 0.6) is 0 Å². The molecule has 1 aliphatic heterocycles. The fourth-order valence-corrected chi connectivity index (χ4v) is 5.26. The third-order valence-corrected chi connectivity index (χ3v) is 7.06. The van der Waals surface area contributed by atoms with Gasteiger partial charge in [-0.1, -0.05) is 12.1 Å². The van der Waals surface area contributed by atoms with Gasteiger partial charge in [-0.05, 0) is 49.2 Å². The number of nitrogens with zero attached hydrogens (tertiary/aromatic N) is 3. The Morgan fingerprint density at radius 2 is 1.86 bits per heavy atom. The van der Waals surface area contributed by atoms with Crippen molar-refractivity contribution in [3.8, 4) is 9.88 Å². The maximum atomic E-state index is 12.6. The molecule has 0 radical (unpaired) electrons. The average molecular weight is 407 g/mol. The lowest BCUT2D eigenvalue weighted by atomic mass is 10.3. The molecule has 4 aromatic rings. The maximum absolute atomic E-state index is 12.6. The predicted octanol–water partition coefficient (Wildman–Crippen LogP) is 5.27. The third-order valence-electron chi connectivity index (χ3n) is 4.77. The Bertz CT molecular complexity index is 1090. The molecule has 4 heterocycles. The highest BCUT2D eigenvalue weighted by Gasteiger charge is 2.15. The summed E-state index contributed by atoms with van der Waals surface area (Å²) >= 11 is 3.11. The van der Waals surface area contributed by atoms with Gasteiger partial charge >= 0.3 is 0 Å². The molecule has 1 N–H and O–H groups in total. The standard InChI is InChI=1S/C21H18N4OS2/c26-20(23-14-7-10-19(22-13-14)25-11-3-4-12-25)17-8-9-18(27-17)21-24-15-5-1-2-6-16(15)28-21/h1-2,5-10,13H,3-4,11-12H2,(H,23,26). The highest BCUT2D eigenvalue weighted by molar-refractivity contribution is 7.26. The lowest BCUT2D eigenvalue weighted by Crippen LogP contribution is -2.19. The van der Waals surface area contributed by atoms with Gasteiger partial charge in [0, 0.05) is 13.1 Å². The second-order valence-electron chi connectivity index (χ2n) is 6.70. The summed E-state index contributed by atoms with van der Waals surface area (Å²) in [6.07, 6.45) is 4.17. The monoisotopic (exact) mass is 406 g/mol. The largest absolute Gasteiger partial charge is 0.357 e. The quantitative estimate of drug-likeness (QED) is 0.501. The smallest absolute Gasteiger partial charge is 0.265 e. The van der Waals surface area contributed by atoms with Crippen LogP contribution in [0.4, 0.5) is 11.5 Å². The van der Waals surface area contributed by atoms with Gasteiger partial charge in [-0.15, -0.1) is 22.7 Å². The molecule has 1 aromatic carbocycles. The van der Waals surface area contributed by atoms with E-state index in [0.29, 0.717) is 10.6 Å².